The summed E-state index contributed by atoms with van der Waals surface area (Å²) in [6.07, 6.45) is 0. The number of aryl methyl sites for hydroxylation is 1. The van der Waals surface area contributed by atoms with Gasteiger partial charge in [-0.15, -0.1) is 0 Å². The van der Waals surface area contributed by atoms with Gasteiger partial charge in [-0.05, 0) is 42.2 Å². The predicted molar refractivity (Wildman–Crippen MR) is 73.1 cm³/mol. The molecule has 0 radical (unpaired) electrons. The zero-order valence-corrected chi connectivity index (χ0v) is 12.7. The summed E-state index contributed by atoms with van der Waals surface area (Å²) in [6, 6.07) is 5.18. The summed E-state index contributed by atoms with van der Waals surface area (Å²) in [6.45, 7) is 13.5. The maximum atomic E-state index is 13.1. The number of halogens is 1. The molecule has 0 aliphatic heterocycles. The average Bonchev–Trinajstić information content (AvgIpc) is 2.18. The van der Waals surface area contributed by atoms with Gasteiger partial charge in [-0.1, -0.05) is 32.9 Å². The van der Waals surface area contributed by atoms with Crippen molar-refractivity contribution in [3.63, 3.8) is 0 Å². The topological polar surface area (TPSA) is 9.23 Å². The van der Waals surface area contributed by atoms with Crippen molar-refractivity contribution in [3.8, 4) is 0 Å². The first-order chi connectivity index (χ1) is 7.63. The van der Waals surface area contributed by atoms with Crippen LogP contribution >= 0.6 is 0 Å². The molecule has 1 aromatic carbocycles. The van der Waals surface area contributed by atoms with Crippen LogP contribution in [0, 0.1) is 12.7 Å². The van der Waals surface area contributed by atoms with E-state index >= 15 is 0 Å². The van der Waals surface area contributed by atoms with E-state index in [1.54, 1.807) is 13.0 Å². The molecule has 3 heteroatoms. The van der Waals surface area contributed by atoms with E-state index in [9.17, 15) is 4.39 Å². The number of hydrogen-bond donors (Lipinski definition) is 0. The monoisotopic (exact) mass is 254 g/mol. The summed E-state index contributed by atoms with van der Waals surface area (Å²) >= 11 is 0. The average molecular weight is 254 g/mol. The molecule has 96 valence electrons. The van der Waals surface area contributed by atoms with Crippen LogP contribution in [0.1, 0.15) is 31.9 Å². The molecule has 0 fully saturated rings. The summed E-state index contributed by atoms with van der Waals surface area (Å²) in [5.74, 6) is -0.152. The van der Waals surface area contributed by atoms with Gasteiger partial charge in [0.1, 0.15) is 5.82 Å². The molecule has 0 bridgehead atoms. The van der Waals surface area contributed by atoms with Gasteiger partial charge in [0.2, 0.25) is 0 Å². The molecule has 0 aromatic heterocycles. The SMILES string of the molecule is Cc1cc(CO[Si](C)(C)C(C)(C)C)ccc1F. The Labute approximate surface area is 105 Å². The number of benzene rings is 1. The Morgan fingerprint density at radius 3 is 2.29 bits per heavy atom. The molecule has 0 N–H and O–H groups in total. The minimum atomic E-state index is -1.71. The van der Waals surface area contributed by atoms with E-state index in [0.29, 0.717) is 12.2 Å². The van der Waals surface area contributed by atoms with Crippen LogP contribution in [0.5, 0.6) is 0 Å². The van der Waals surface area contributed by atoms with Crippen molar-refractivity contribution in [3.05, 3.63) is 35.1 Å². The lowest BCUT2D eigenvalue weighted by Crippen LogP contribution is -2.40. The first kappa shape index (κ1) is 14.4. The molecule has 1 nitrogen and oxygen atoms in total. The van der Waals surface area contributed by atoms with Gasteiger partial charge < -0.3 is 4.43 Å². The smallest absolute Gasteiger partial charge is 0.192 e. The minimum Gasteiger partial charge on any atom is -0.413 e. The molecule has 17 heavy (non-hydrogen) atoms. The van der Waals surface area contributed by atoms with Crippen LogP contribution in [-0.4, -0.2) is 8.32 Å². The van der Waals surface area contributed by atoms with Crippen LogP contribution in [0.15, 0.2) is 18.2 Å². The normalized spacial score (nSPS) is 12.9. The van der Waals surface area contributed by atoms with Gasteiger partial charge in [-0.25, -0.2) is 4.39 Å². The van der Waals surface area contributed by atoms with Gasteiger partial charge in [-0.2, -0.15) is 0 Å². The van der Waals surface area contributed by atoms with E-state index in [4.69, 9.17) is 4.43 Å². The first-order valence-corrected chi connectivity index (χ1v) is 8.93. The summed E-state index contributed by atoms with van der Waals surface area (Å²) in [5.41, 5.74) is 1.73. The maximum absolute atomic E-state index is 13.1. The van der Waals surface area contributed by atoms with Crippen molar-refractivity contribution >= 4 is 8.32 Å². The highest BCUT2D eigenvalue weighted by molar-refractivity contribution is 6.74. The van der Waals surface area contributed by atoms with Crippen molar-refractivity contribution in [2.24, 2.45) is 0 Å². The van der Waals surface area contributed by atoms with Crippen LogP contribution in [0.2, 0.25) is 18.1 Å². The van der Waals surface area contributed by atoms with Crippen molar-refractivity contribution in [2.45, 2.75) is 52.4 Å². The van der Waals surface area contributed by atoms with E-state index < -0.39 is 8.32 Å². The molecule has 0 heterocycles. The van der Waals surface area contributed by atoms with Gasteiger partial charge in [0.15, 0.2) is 8.32 Å². The van der Waals surface area contributed by atoms with Gasteiger partial charge in [0.05, 0.1) is 6.61 Å². The molecule has 0 aliphatic rings. The summed E-state index contributed by atoms with van der Waals surface area (Å²) < 4.78 is 19.2. The Morgan fingerprint density at radius 1 is 1.24 bits per heavy atom. The van der Waals surface area contributed by atoms with Crippen molar-refractivity contribution < 1.29 is 8.82 Å². The van der Waals surface area contributed by atoms with E-state index in [2.05, 4.69) is 33.9 Å². The molecule has 0 saturated carbocycles. The van der Waals surface area contributed by atoms with Crippen LogP contribution in [0.4, 0.5) is 4.39 Å². The van der Waals surface area contributed by atoms with Crippen LogP contribution in [0.25, 0.3) is 0 Å². The van der Waals surface area contributed by atoms with Crippen LogP contribution in [-0.2, 0) is 11.0 Å². The highest BCUT2D eigenvalue weighted by Crippen LogP contribution is 2.37. The highest BCUT2D eigenvalue weighted by Gasteiger charge is 2.36. The predicted octanol–water partition coefficient (Wildman–Crippen LogP) is 4.66. The standard InChI is InChI=1S/C14H23FOSi/c1-11-9-12(7-8-13(11)15)10-16-17(5,6)14(2,3)4/h7-9H,10H2,1-6H3. The molecule has 0 amide bonds. The van der Waals surface area contributed by atoms with E-state index in [1.165, 1.54) is 6.07 Å². The lowest BCUT2D eigenvalue weighted by molar-refractivity contribution is 0.276. The number of rotatable bonds is 3. The third-order valence-electron chi connectivity index (χ3n) is 3.63. The van der Waals surface area contributed by atoms with Gasteiger partial charge in [-0.3, -0.25) is 0 Å². The van der Waals surface area contributed by atoms with Crippen molar-refractivity contribution in [1.29, 1.82) is 0 Å². The fourth-order valence-corrected chi connectivity index (χ4v) is 2.24. The van der Waals surface area contributed by atoms with E-state index in [-0.39, 0.29) is 10.9 Å². The fourth-order valence-electron chi connectivity index (χ4n) is 1.28. The third kappa shape index (κ3) is 3.65. The van der Waals surface area contributed by atoms with Crippen LogP contribution in [0.3, 0.4) is 0 Å². The fraction of sp³-hybridized carbons (Fsp3) is 0.571. The molecular weight excluding hydrogens is 231 g/mol. The summed E-state index contributed by atoms with van der Waals surface area (Å²) in [4.78, 5) is 0. The van der Waals surface area contributed by atoms with Gasteiger partial charge in [0, 0.05) is 0 Å². The Hall–Kier alpha value is -0.673. The Kier molecular flexibility index (Phi) is 4.15. The second-order valence-electron chi connectivity index (χ2n) is 6.13. The van der Waals surface area contributed by atoms with Crippen molar-refractivity contribution in [2.75, 3.05) is 0 Å². The minimum absolute atomic E-state index is 0.152. The largest absolute Gasteiger partial charge is 0.413 e. The van der Waals surface area contributed by atoms with Gasteiger partial charge >= 0.3 is 0 Å². The Bertz CT molecular complexity index is 394. The molecule has 1 rings (SSSR count). The maximum Gasteiger partial charge on any atom is 0.192 e. The molecule has 0 saturated heterocycles. The zero-order valence-electron chi connectivity index (χ0n) is 11.7. The summed E-state index contributed by atoms with van der Waals surface area (Å²) in [7, 11) is -1.71. The van der Waals surface area contributed by atoms with E-state index in [0.717, 1.165) is 5.56 Å². The Morgan fingerprint density at radius 2 is 1.82 bits per heavy atom. The zero-order chi connectivity index (χ0) is 13.3. The Balaban J connectivity index is 2.71. The molecular formula is C14H23FOSi. The third-order valence-corrected chi connectivity index (χ3v) is 8.11. The second kappa shape index (κ2) is 4.90. The molecule has 0 spiro atoms. The lowest BCUT2D eigenvalue weighted by atomic mass is 10.1. The first-order valence-electron chi connectivity index (χ1n) is 6.02. The quantitative estimate of drug-likeness (QED) is 0.713. The van der Waals surface area contributed by atoms with E-state index in [1.807, 2.05) is 6.07 Å². The van der Waals surface area contributed by atoms with Gasteiger partial charge in [0.25, 0.3) is 0 Å². The second-order valence-corrected chi connectivity index (χ2v) is 10.9. The number of hydrogen-bond acceptors (Lipinski definition) is 1. The van der Waals surface area contributed by atoms with Crippen LogP contribution < -0.4 is 0 Å². The molecule has 1 aromatic rings. The molecule has 0 unspecified atom stereocenters. The summed E-state index contributed by atoms with van der Waals surface area (Å²) in [5, 5.41) is 0.210. The molecule has 0 atom stereocenters. The molecule has 0 aliphatic carbocycles. The van der Waals surface area contributed by atoms with Crippen molar-refractivity contribution in [1.82, 2.24) is 0 Å². The lowest BCUT2D eigenvalue weighted by Gasteiger charge is -2.36. The highest BCUT2D eigenvalue weighted by atomic mass is 28.4.